The number of alkyl carbamates (subject to hydrolysis) is 1. The summed E-state index contributed by atoms with van der Waals surface area (Å²) in [6, 6.07) is 22.4. The van der Waals surface area contributed by atoms with Crippen LogP contribution in [-0.4, -0.2) is 44.8 Å². The SMILES string of the molecule is O=C(N[C@@H](Cc1c[nH]c2c(-c3ncccn3)cccc12)C(=O)O)OCC1c2ccccc2-c2ccccc21. The smallest absolute Gasteiger partial charge is 0.407 e. The molecule has 0 radical (unpaired) electrons. The molecule has 5 aromatic rings. The molecule has 0 fully saturated rings. The highest BCUT2D eigenvalue weighted by Crippen LogP contribution is 2.44. The van der Waals surface area contributed by atoms with Gasteiger partial charge >= 0.3 is 12.1 Å². The van der Waals surface area contributed by atoms with E-state index in [1.807, 2.05) is 54.6 Å². The summed E-state index contributed by atoms with van der Waals surface area (Å²) in [7, 11) is 0. The van der Waals surface area contributed by atoms with Crippen LogP contribution >= 0.6 is 0 Å². The number of hydrogen-bond donors (Lipinski definition) is 3. The molecule has 1 amide bonds. The van der Waals surface area contributed by atoms with Gasteiger partial charge in [-0.2, -0.15) is 0 Å². The number of amides is 1. The summed E-state index contributed by atoms with van der Waals surface area (Å²) in [5, 5.41) is 13.2. The normalized spacial score (nSPS) is 13.1. The Morgan fingerprint density at radius 2 is 1.55 bits per heavy atom. The number of nitrogens with one attached hydrogen (secondary N) is 2. The summed E-state index contributed by atoms with van der Waals surface area (Å²) in [5.74, 6) is -0.683. The Hall–Kier alpha value is -4.98. The van der Waals surface area contributed by atoms with Gasteiger partial charge in [0, 0.05) is 41.9 Å². The first-order valence-electron chi connectivity index (χ1n) is 12.3. The first kappa shape index (κ1) is 23.4. The number of rotatable bonds is 7. The Balaban J connectivity index is 1.17. The fourth-order valence-corrected chi connectivity index (χ4v) is 5.21. The lowest BCUT2D eigenvalue weighted by atomic mass is 9.98. The van der Waals surface area contributed by atoms with E-state index in [1.165, 1.54) is 0 Å². The molecule has 1 aliphatic carbocycles. The van der Waals surface area contributed by atoms with Crippen LogP contribution in [-0.2, 0) is 16.0 Å². The van der Waals surface area contributed by atoms with Crippen molar-refractivity contribution in [1.82, 2.24) is 20.3 Å². The van der Waals surface area contributed by atoms with Crippen LogP contribution in [0.4, 0.5) is 4.79 Å². The number of carboxylic acid groups (broad SMARTS) is 1. The van der Waals surface area contributed by atoms with Crippen LogP contribution in [0.1, 0.15) is 22.6 Å². The third-order valence-corrected chi connectivity index (χ3v) is 6.97. The van der Waals surface area contributed by atoms with Crippen molar-refractivity contribution in [2.75, 3.05) is 6.61 Å². The number of ether oxygens (including phenoxy) is 1. The monoisotopic (exact) mass is 504 g/mol. The number of fused-ring (bicyclic) bond motifs is 4. The van der Waals surface area contributed by atoms with Gasteiger partial charge in [-0.25, -0.2) is 19.6 Å². The largest absolute Gasteiger partial charge is 0.480 e. The lowest BCUT2D eigenvalue weighted by molar-refractivity contribution is -0.139. The number of nitrogens with zero attached hydrogens (tertiary/aromatic N) is 2. The van der Waals surface area contributed by atoms with Crippen LogP contribution < -0.4 is 5.32 Å². The number of aromatic amines is 1. The molecule has 3 N–H and O–H groups in total. The van der Waals surface area contributed by atoms with Gasteiger partial charge < -0.3 is 20.1 Å². The van der Waals surface area contributed by atoms with Gasteiger partial charge in [-0.15, -0.1) is 0 Å². The molecule has 8 nitrogen and oxygen atoms in total. The van der Waals surface area contributed by atoms with Crippen molar-refractivity contribution in [3.63, 3.8) is 0 Å². The van der Waals surface area contributed by atoms with Crippen molar-refractivity contribution in [1.29, 1.82) is 0 Å². The molecule has 188 valence electrons. The molecule has 8 heteroatoms. The molecule has 0 unspecified atom stereocenters. The molecule has 0 bridgehead atoms. The fraction of sp³-hybridized carbons (Fsp3) is 0.133. The van der Waals surface area contributed by atoms with E-state index in [-0.39, 0.29) is 18.9 Å². The van der Waals surface area contributed by atoms with E-state index < -0.39 is 18.1 Å². The van der Waals surface area contributed by atoms with Crippen LogP contribution in [0.25, 0.3) is 33.4 Å². The van der Waals surface area contributed by atoms with Gasteiger partial charge in [0.25, 0.3) is 0 Å². The van der Waals surface area contributed by atoms with E-state index >= 15 is 0 Å². The summed E-state index contributed by atoms with van der Waals surface area (Å²) in [6.07, 6.45) is 4.41. The maximum atomic E-state index is 12.7. The van der Waals surface area contributed by atoms with E-state index in [2.05, 4.69) is 32.4 Å². The van der Waals surface area contributed by atoms with Crippen LogP contribution in [0, 0.1) is 0 Å². The van der Waals surface area contributed by atoms with Crippen molar-refractivity contribution in [3.8, 4) is 22.5 Å². The molecule has 2 aromatic heterocycles. The number of benzene rings is 3. The predicted octanol–water partition coefficient (Wildman–Crippen LogP) is 5.16. The van der Waals surface area contributed by atoms with Crippen LogP contribution in [0.15, 0.2) is 91.4 Å². The van der Waals surface area contributed by atoms with E-state index in [0.29, 0.717) is 5.82 Å². The van der Waals surface area contributed by atoms with Gasteiger partial charge in [0.05, 0.1) is 5.52 Å². The number of hydrogen-bond acceptors (Lipinski definition) is 5. The maximum Gasteiger partial charge on any atom is 0.407 e. The maximum absolute atomic E-state index is 12.7. The number of carboxylic acids is 1. The first-order valence-corrected chi connectivity index (χ1v) is 12.3. The minimum atomic E-state index is -1.17. The third kappa shape index (κ3) is 4.26. The quantitative estimate of drug-likeness (QED) is 0.282. The van der Waals surface area contributed by atoms with Gasteiger partial charge in [-0.1, -0.05) is 60.7 Å². The molecule has 1 atom stereocenters. The zero-order valence-electron chi connectivity index (χ0n) is 20.3. The summed E-state index contributed by atoms with van der Waals surface area (Å²) in [4.78, 5) is 36.7. The van der Waals surface area contributed by atoms with E-state index in [1.54, 1.807) is 24.7 Å². The van der Waals surface area contributed by atoms with Gasteiger partial charge in [-0.3, -0.25) is 0 Å². The summed E-state index contributed by atoms with van der Waals surface area (Å²) >= 11 is 0. The minimum absolute atomic E-state index is 0.0820. The van der Waals surface area contributed by atoms with Crippen LogP contribution in [0.2, 0.25) is 0 Å². The second kappa shape index (κ2) is 9.82. The van der Waals surface area contributed by atoms with Crippen molar-refractivity contribution in [2.24, 2.45) is 0 Å². The minimum Gasteiger partial charge on any atom is -0.480 e. The highest BCUT2D eigenvalue weighted by molar-refractivity contribution is 5.95. The molecule has 0 saturated heterocycles. The van der Waals surface area contributed by atoms with E-state index in [9.17, 15) is 14.7 Å². The van der Waals surface area contributed by atoms with Crippen molar-refractivity contribution in [3.05, 3.63) is 108 Å². The standard InChI is InChI=1S/C30H24N4O4/c35-29(36)26(15-18-16-33-27-19(18)11-5-12-24(27)28-31-13-6-14-32-28)34-30(37)38-17-25-22-9-3-1-7-20(22)21-8-2-4-10-23(21)25/h1-14,16,25-26,33H,15,17H2,(H,34,37)(H,35,36)/t26-/m0/s1. The van der Waals surface area contributed by atoms with Crippen LogP contribution in [0.5, 0.6) is 0 Å². The molecule has 6 rings (SSSR count). The number of aliphatic carboxylic acids is 1. The molecule has 1 aliphatic rings. The van der Waals surface area contributed by atoms with Gasteiger partial charge in [0.2, 0.25) is 0 Å². The zero-order chi connectivity index (χ0) is 26.1. The molecule has 0 saturated carbocycles. The summed E-state index contributed by atoms with van der Waals surface area (Å²) < 4.78 is 5.57. The Morgan fingerprint density at radius 1 is 0.895 bits per heavy atom. The molecule has 38 heavy (non-hydrogen) atoms. The number of carbonyl (C=O) groups is 2. The molecular weight excluding hydrogens is 480 g/mol. The first-order chi connectivity index (χ1) is 18.6. The second-order valence-corrected chi connectivity index (χ2v) is 9.18. The predicted molar refractivity (Wildman–Crippen MR) is 143 cm³/mol. The number of H-pyrrole nitrogens is 1. The highest BCUT2D eigenvalue weighted by Gasteiger charge is 2.30. The van der Waals surface area contributed by atoms with Crippen molar-refractivity contribution < 1.29 is 19.4 Å². The number of carbonyl (C=O) groups excluding carboxylic acids is 1. The molecule has 3 aromatic carbocycles. The molecular formula is C30H24N4O4. The average molecular weight is 505 g/mol. The van der Waals surface area contributed by atoms with Crippen LogP contribution in [0.3, 0.4) is 0 Å². The van der Waals surface area contributed by atoms with Gasteiger partial charge in [-0.05, 0) is 39.9 Å². The molecule has 0 aliphatic heterocycles. The number of aromatic nitrogens is 3. The lowest BCUT2D eigenvalue weighted by Gasteiger charge is -2.17. The zero-order valence-corrected chi connectivity index (χ0v) is 20.3. The summed E-state index contributed by atoms with van der Waals surface area (Å²) in [6.45, 7) is 0.111. The van der Waals surface area contributed by atoms with Gasteiger partial charge in [0.15, 0.2) is 5.82 Å². The van der Waals surface area contributed by atoms with E-state index in [0.717, 1.165) is 44.3 Å². The Labute approximate surface area is 218 Å². The second-order valence-electron chi connectivity index (χ2n) is 9.18. The van der Waals surface area contributed by atoms with E-state index in [4.69, 9.17) is 4.74 Å². The molecule has 2 heterocycles. The summed E-state index contributed by atoms with van der Waals surface area (Å²) in [5.41, 5.74) is 6.80. The van der Waals surface area contributed by atoms with Crippen molar-refractivity contribution in [2.45, 2.75) is 18.4 Å². The third-order valence-electron chi connectivity index (χ3n) is 6.97. The Kier molecular flexibility index (Phi) is 6.05. The fourth-order valence-electron chi connectivity index (χ4n) is 5.21. The molecule has 0 spiro atoms. The lowest BCUT2D eigenvalue weighted by Crippen LogP contribution is -2.42. The Bertz CT molecular complexity index is 1600. The Morgan fingerprint density at radius 3 is 2.24 bits per heavy atom. The van der Waals surface area contributed by atoms with Crippen molar-refractivity contribution >= 4 is 23.0 Å². The highest BCUT2D eigenvalue weighted by atomic mass is 16.5. The number of para-hydroxylation sites is 1. The average Bonchev–Trinajstić information content (AvgIpc) is 3.51. The topological polar surface area (TPSA) is 117 Å². The van der Waals surface area contributed by atoms with Gasteiger partial charge in [0.1, 0.15) is 12.6 Å².